The number of hydrogen-bond donors (Lipinski definition) is 0. The van der Waals surface area contributed by atoms with E-state index in [1.807, 2.05) is 29.0 Å². The number of para-hydroxylation sites is 2. The zero-order valence-electron chi connectivity index (χ0n) is 18.5. The maximum atomic E-state index is 12.1. The minimum absolute atomic E-state index is 0.0471. The number of ether oxygens (including phenoxy) is 1. The van der Waals surface area contributed by atoms with Crippen molar-refractivity contribution in [3.05, 3.63) is 29.9 Å². The van der Waals surface area contributed by atoms with Gasteiger partial charge in [-0.3, -0.25) is 9.36 Å². The molecule has 0 spiro atoms. The molecule has 1 saturated carbocycles. The number of nitriles is 1. The first-order valence-corrected chi connectivity index (χ1v) is 11.7. The van der Waals surface area contributed by atoms with Crippen LogP contribution in [0, 0.1) is 11.5 Å². The maximum Gasteiger partial charge on any atom is 0.325 e. The first-order valence-electron chi connectivity index (χ1n) is 11.7. The Balaban J connectivity index is 1.61. The number of rotatable bonds is 4. The van der Waals surface area contributed by atoms with Gasteiger partial charge in [0.25, 0.3) is 0 Å². The number of hydrogen-bond acceptors (Lipinski definition) is 5. The second kappa shape index (κ2) is 10.1. The van der Waals surface area contributed by atoms with Crippen LogP contribution in [0.5, 0.6) is 0 Å². The predicted octanol–water partition coefficient (Wildman–Crippen LogP) is 3.75. The first-order chi connectivity index (χ1) is 15.2. The third-order valence-corrected chi connectivity index (χ3v) is 7.01. The number of carbonyl (C=O) groups excluding carboxylic acids is 1. The van der Waals surface area contributed by atoms with Crippen LogP contribution >= 0.6 is 0 Å². The summed E-state index contributed by atoms with van der Waals surface area (Å²) in [4.78, 5) is 18.9. The van der Waals surface area contributed by atoms with E-state index in [4.69, 9.17) is 4.74 Å². The van der Waals surface area contributed by atoms with Crippen LogP contribution in [-0.4, -0.2) is 46.2 Å². The standard InChI is InChI=1S/C24H33N5O2/c1-31-23(30)17-28-21-11-7-8-12-22(21)29(24(28)26-18-25)20-13-15-27(16-14-20)19-9-5-3-2-4-6-10-19/h7-8,11-12,19-20H,2-6,9-10,13-17H2,1H3/b26-24+. The Morgan fingerprint density at radius 1 is 1.03 bits per heavy atom. The molecule has 1 aliphatic heterocycles. The van der Waals surface area contributed by atoms with E-state index in [0.717, 1.165) is 43.0 Å². The van der Waals surface area contributed by atoms with Crippen molar-refractivity contribution in [3.8, 4) is 6.19 Å². The highest BCUT2D eigenvalue weighted by Crippen LogP contribution is 2.30. The summed E-state index contributed by atoms with van der Waals surface area (Å²) in [6.45, 7) is 2.20. The predicted molar refractivity (Wildman–Crippen MR) is 119 cm³/mol. The molecule has 7 heteroatoms. The van der Waals surface area contributed by atoms with E-state index in [-0.39, 0.29) is 18.6 Å². The molecule has 0 unspecified atom stereocenters. The summed E-state index contributed by atoms with van der Waals surface area (Å²) in [5.74, 6) is -0.346. The Labute approximate surface area is 183 Å². The van der Waals surface area contributed by atoms with E-state index in [0.29, 0.717) is 5.62 Å². The van der Waals surface area contributed by atoms with Crippen LogP contribution in [0.4, 0.5) is 0 Å². The van der Waals surface area contributed by atoms with Crippen molar-refractivity contribution in [2.75, 3.05) is 20.2 Å². The number of methoxy groups -OCH3 is 1. The highest BCUT2D eigenvalue weighted by molar-refractivity contribution is 5.78. The molecule has 7 nitrogen and oxygen atoms in total. The van der Waals surface area contributed by atoms with Gasteiger partial charge >= 0.3 is 5.97 Å². The quantitative estimate of drug-likeness (QED) is 0.554. The van der Waals surface area contributed by atoms with Gasteiger partial charge in [-0.2, -0.15) is 5.26 Å². The molecule has 2 fully saturated rings. The lowest BCUT2D eigenvalue weighted by Gasteiger charge is -2.39. The molecule has 0 amide bonds. The number of likely N-dealkylation sites (tertiary alicyclic amines) is 1. The molecular formula is C24H33N5O2. The molecule has 2 heterocycles. The minimum Gasteiger partial charge on any atom is -0.468 e. The zero-order chi connectivity index (χ0) is 21.6. The molecule has 1 aromatic heterocycles. The van der Waals surface area contributed by atoms with Gasteiger partial charge in [-0.1, -0.05) is 44.2 Å². The summed E-state index contributed by atoms with van der Waals surface area (Å²) < 4.78 is 8.88. The van der Waals surface area contributed by atoms with Crippen molar-refractivity contribution in [1.82, 2.24) is 14.0 Å². The van der Waals surface area contributed by atoms with Crippen molar-refractivity contribution in [1.29, 1.82) is 5.26 Å². The van der Waals surface area contributed by atoms with E-state index < -0.39 is 0 Å². The number of carbonyl (C=O) groups is 1. The lowest BCUT2D eigenvalue weighted by Crippen LogP contribution is -2.43. The van der Waals surface area contributed by atoms with Crippen molar-refractivity contribution >= 4 is 17.0 Å². The van der Waals surface area contributed by atoms with Gasteiger partial charge in [0.15, 0.2) is 0 Å². The van der Waals surface area contributed by atoms with Gasteiger partial charge < -0.3 is 14.2 Å². The van der Waals surface area contributed by atoms with Crippen molar-refractivity contribution in [2.45, 2.75) is 76.4 Å². The SMILES string of the molecule is COC(=O)Cn1/c(=N\C#N)n(C2CCN(C3CCCCCCC3)CC2)c2ccccc21. The summed E-state index contributed by atoms with van der Waals surface area (Å²) >= 11 is 0. The molecule has 2 aliphatic rings. The molecule has 0 atom stereocenters. The van der Waals surface area contributed by atoms with E-state index in [1.54, 1.807) is 0 Å². The Bertz CT molecular complexity index is 999. The van der Waals surface area contributed by atoms with Gasteiger partial charge in [0.05, 0.1) is 18.1 Å². The molecule has 166 valence electrons. The Morgan fingerprint density at radius 2 is 1.68 bits per heavy atom. The van der Waals surface area contributed by atoms with Crippen molar-refractivity contribution in [2.24, 2.45) is 4.99 Å². The number of benzene rings is 1. The average Bonchev–Trinajstić information content (AvgIpc) is 3.07. The van der Waals surface area contributed by atoms with E-state index in [2.05, 4.69) is 20.5 Å². The highest BCUT2D eigenvalue weighted by Gasteiger charge is 2.28. The van der Waals surface area contributed by atoms with Crippen LogP contribution in [-0.2, 0) is 16.1 Å². The summed E-state index contributed by atoms with van der Waals surface area (Å²) in [7, 11) is 1.38. The van der Waals surface area contributed by atoms with Crippen LogP contribution in [0.2, 0.25) is 0 Å². The Kier molecular flexibility index (Phi) is 7.08. The largest absolute Gasteiger partial charge is 0.468 e. The second-order valence-corrected chi connectivity index (χ2v) is 8.80. The molecule has 1 saturated heterocycles. The van der Waals surface area contributed by atoms with Crippen LogP contribution in [0.25, 0.3) is 11.0 Å². The van der Waals surface area contributed by atoms with Crippen molar-refractivity contribution in [3.63, 3.8) is 0 Å². The summed E-state index contributed by atoms with van der Waals surface area (Å²) in [5.41, 5.74) is 2.47. The van der Waals surface area contributed by atoms with Gasteiger partial charge in [-0.25, -0.2) is 0 Å². The van der Waals surface area contributed by atoms with Crippen LogP contribution in [0.3, 0.4) is 0 Å². The Morgan fingerprint density at radius 3 is 2.32 bits per heavy atom. The molecule has 4 rings (SSSR count). The molecule has 0 N–H and O–H groups in total. The van der Waals surface area contributed by atoms with Gasteiger partial charge in [-0.15, -0.1) is 4.99 Å². The van der Waals surface area contributed by atoms with Gasteiger partial charge in [0, 0.05) is 25.2 Å². The van der Waals surface area contributed by atoms with Crippen LogP contribution < -0.4 is 5.62 Å². The number of aromatic nitrogens is 2. The fourth-order valence-corrected chi connectivity index (χ4v) is 5.42. The fraction of sp³-hybridized carbons (Fsp3) is 0.625. The van der Waals surface area contributed by atoms with Crippen LogP contribution in [0.1, 0.15) is 63.8 Å². The lowest BCUT2D eigenvalue weighted by atomic mass is 9.93. The number of imidazole rings is 1. The summed E-state index contributed by atoms with van der Waals surface area (Å²) in [5, 5.41) is 9.38. The molecule has 0 bridgehead atoms. The monoisotopic (exact) mass is 423 g/mol. The normalized spacial score (nSPS) is 20.3. The number of nitrogens with zero attached hydrogens (tertiary/aromatic N) is 5. The Hall–Kier alpha value is -2.59. The minimum atomic E-state index is -0.346. The first kappa shape index (κ1) is 21.6. The molecule has 1 aromatic carbocycles. The van der Waals surface area contributed by atoms with Crippen LogP contribution in [0.15, 0.2) is 29.3 Å². The third kappa shape index (κ3) is 4.69. The van der Waals surface area contributed by atoms with Gasteiger partial charge in [-0.05, 0) is 37.8 Å². The van der Waals surface area contributed by atoms with E-state index in [1.165, 1.54) is 52.1 Å². The topological polar surface area (TPSA) is 75.5 Å². The van der Waals surface area contributed by atoms with Gasteiger partial charge in [0.2, 0.25) is 11.8 Å². The summed E-state index contributed by atoms with van der Waals surface area (Å²) in [6, 6.07) is 8.97. The molecule has 1 aliphatic carbocycles. The number of piperidine rings is 1. The highest BCUT2D eigenvalue weighted by atomic mass is 16.5. The molecular weight excluding hydrogens is 390 g/mol. The number of esters is 1. The lowest BCUT2D eigenvalue weighted by molar-refractivity contribution is -0.141. The summed E-state index contributed by atoms with van der Waals surface area (Å²) in [6.07, 6.45) is 13.5. The molecule has 0 radical (unpaired) electrons. The molecule has 31 heavy (non-hydrogen) atoms. The smallest absolute Gasteiger partial charge is 0.325 e. The van der Waals surface area contributed by atoms with Gasteiger partial charge in [0.1, 0.15) is 6.54 Å². The third-order valence-electron chi connectivity index (χ3n) is 7.01. The maximum absolute atomic E-state index is 12.1. The fourth-order valence-electron chi connectivity index (χ4n) is 5.42. The number of fused-ring (bicyclic) bond motifs is 1. The zero-order valence-corrected chi connectivity index (χ0v) is 18.5. The average molecular weight is 424 g/mol. The van der Waals surface area contributed by atoms with E-state index in [9.17, 15) is 10.1 Å². The van der Waals surface area contributed by atoms with Crippen molar-refractivity contribution < 1.29 is 9.53 Å². The second-order valence-electron chi connectivity index (χ2n) is 8.80. The van der Waals surface area contributed by atoms with E-state index >= 15 is 0 Å². The molecule has 2 aromatic rings.